The average molecular weight is 345 g/mol. The summed E-state index contributed by atoms with van der Waals surface area (Å²) in [5.41, 5.74) is 1.94. The van der Waals surface area contributed by atoms with E-state index < -0.39 is 0 Å². The highest BCUT2D eigenvalue weighted by Crippen LogP contribution is 2.34. The minimum absolute atomic E-state index is 0.670. The van der Waals surface area contributed by atoms with E-state index >= 15 is 0 Å². The van der Waals surface area contributed by atoms with E-state index in [1.807, 2.05) is 32.0 Å². The van der Waals surface area contributed by atoms with Gasteiger partial charge in [-0.15, -0.1) is 0 Å². The molecule has 0 saturated heterocycles. The molecule has 0 atom stereocenters. The number of aromatic nitrogens is 1. The molecule has 1 aromatic heterocycles. The second kappa shape index (κ2) is 4.72. The van der Waals surface area contributed by atoms with E-state index in [9.17, 15) is 0 Å². The Morgan fingerprint density at radius 3 is 2.69 bits per heavy atom. The van der Waals surface area contributed by atoms with Gasteiger partial charge in [0.15, 0.2) is 0 Å². The number of pyridine rings is 1. The van der Waals surface area contributed by atoms with Crippen LogP contribution in [0, 0.1) is 6.92 Å². The highest BCUT2D eigenvalue weighted by Gasteiger charge is 2.08. The van der Waals surface area contributed by atoms with Gasteiger partial charge in [0.25, 0.3) is 0 Å². The van der Waals surface area contributed by atoms with Crippen molar-refractivity contribution in [2.24, 2.45) is 0 Å². The van der Waals surface area contributed by atoms with Crippen LogP contribution in [0.3, 0.4) is 0 Å². The lowest BCUT2D eigenvalue weighted by Gasteiger charge is -2.08. The van der Waals surface area contributed by atoms with Gasteiger partial charge >= 0.3 is 0 Å². The standard InChI is InChI=1S/C12H11Br2NO/c1-3-16-8-4-5-10-9(6-8)12(14)11(13)7(2)15-10/h4-6H,3H2,1-2H3. The number of aryl methyl sites for hydroxylation is 1. The van der Waals surface area contributed by atoms with Crippen molar-refractivity contribution in [1.82, 2.24) is 4.98 Å². The largest absolute Gasteiger partial charge is 0.494 e. The molecule has 16 heavy (non-hydrogen) atoms. The van der Waals surface area contributed by atoms with Gasteiger partial charge in [-0.2, -0.15) is 0 Å². The average Bonchev–Trinajstić information content (AvgIpc) is 2.28. The highest BCUT2D eigenvalue weighted by molar-refractivity contribution is 9.13. The van der Waals surface area contributed by atoms with E-state index in [0.29, 0.717) is 6.61 Å². The van der Waals surface area contributed by atoms with Gasteiger partial charge in [-0.1, -0.05) is 0 Å². The molecule has 0 bridgehead atoms. The van der Waals surface area contributed by atoms with Gasteiger partial charge in [0.2, 0.25) is 0 Å². The molecule has 0 saturated carbocycles. The predicted octanol–water partition coefficient (Wildman–Crippen LogP) is 4.47. The van der Waals surface area contributed by atoms with Crippen molar-refractivity contribution in [3.63, 3.8) is 0 Å². The first-order valence-electron chi connectivity index (χ1n) is 5.01. The fraction of sp³-hybridized carbons (Fsp3) is 0.250. The Labute approximate surface area is 111 Å². The molecule has 0 amide bonds. The number of fused-ring (bicyclic) bond motifs is 1. The second-order valence-corrected chi connectivity index (χ2v) is 5.02. The highest BCUT2D eigenvalue weighted by atomic mass is 79.9. The summed E-state index contributed by atoms with van der Waals surface area (Å²) in [4.78, 5) is 4.50. The molecule has 0 spiro atoms. The number of halogens is 2. The van der Waals surface area contributed by atoms with Crippen molar-refractivity contribution in [2.75, 3.05) is 6.61 Å². The van der Waals surface area contributed by atoms with Crippen molar-refractivity contribution in [1.29, 1.82) is 0 Å². The summed E-state index contributed by atoms with van der Waals surface area (Å²) < 4.78 is 7.49. The van der Waals surface area contributed by atoms with Crippen molar-refractivity contribution in [3.8, 4) is 5.75 Å². The van der Waals surface area contributed by atoms with Crippen LogP contribution in [-0.4, -0.2) is 11.6 Å². The van der Waals surface area contributed by atoms with Gasteiger partial charge in [-0.25, -0.2) is 0 Å². The summed E-state index contributed by atoms with van der Waals surface area (Å²) in [6, 6.07) is 5.92. The number of ether oxygens (including phenoxy) is 1. The first kappa shape index (κ1) is 11.9. The maximum Gasteiger partial charge on any atom is 0.120 e. The molecule has 1 heterocycles. The molecule has 84 valence electrons. The van der Waals surface area contributed by atoms with Crippen LogP contribution in [0.4, 0.5) is 0 Å². The van der Waals surface area contributed by atoms with Crippen molar-refractivity contribution in [3.05, 3.63) is 32.8 Å². The third kappa shape index (κ3) is 2.09. The molecule has 0 aliphatic rings. The molecular formula is C12H11Br2NO. The monoisotopic (exact) mass is 343 g/mol. The van der Waals surface area contributed by atoms with Gasteiger partial charge in [0.05, 0.1) is 22.3 Å². The van der Waals surface area contributed by atoms with Crippen LogP contribution in [0.15, 0.2) is 27.1 Å². The maximum absolute atomic E-state index is 5.48. The summed E-state index contributed by atoms with van der Waals surface area (Å²) in [6.07, 6.45) is 0. The molecule has 0 aliphatic carbocycles. The zero-order chi connectivity index (χ0) is 11.7. The molecule has 0 N–H and O–H groups in total. The van der Waals surface area contributed by atoms with Gasteiger partial charge < -0.3 is 4.74 Å². The van der Waals surface area contributed by atoms with Gasteiger partial charge in [-0.3, -0.25) is 4.98 Å². The zero-order valence-electron chi connectivity index (χ0n) is 9.05. The Balaban J connectivity index is 2.68. The minimum atomic E-state index is 0.670. The Kier molecular flexibility index (Phi) is 3.50. The zero-order valence-corrected chi connectivity index (χ0v) is 12.2. The van der Waals surface area contributed by atoms with Crippen LogP contribution in [-0.2, 0) is 0 Å². The molecule has 0 aliphatic heterocycles. The van der Waals surface area contributed by atoms with E-state index in [1.165, 1.54) is 0 Å². The third-order valence-corrected chi connectivity index (χ3v) is 4.64. The molecule has 0 fully saturated rings. The summed E-state index contributed by atoms with van der Waals surface area (Å²) in [5.74, 6) is 0.869. The molecule has 1 aromatic carbocycles. The lowest BCUT2D eigenvalue weighted by molar-refractivity contribution is 0.340. The summed E-state index contributed by atoms with van der Waals surface area (Å²) in [5, 5.41) is 1.06. The number of hydrogen-bond donors (Lipinski definition) is 0. The van der Waals surface area contributed by atoms with Gasteiger partial charge in [0, 0.05) is 9.86 Å². The van der Waals surface area contributed by atoms with Gasteiger partial charge in [-0.05, 0) is 63.9 Å². The van der Waals surface area contributed by atoms with Crippen molar-refractivity contribution < 1.29 is 4.74 Å². The smallest absolute Gasteiger partial charge is 0.120 e. The Hall–Kier alpha value is -0.610. The van der Waals surface area contributed by atoms with Gasteiger partial charge in [0.1, 0.15) is 5.75 Å². The van der Waals surface area contributed by atoms with Crippen LogP contribution in [0.2, 0.25) is 0 Å². The van der Waals surface area contributed by atoms with Crippen molar-refractivity contribution >= 4 is 42.8 Å². The molecule has 4 heteroatoms. The first-order chi connectivity index (χ1) is 7.63. The normalized spacial score (nSPS) is 10.8. The van der Waals surface area contributed by atoms with E-state index in [4.69, 9.17) is 4.74 Å². The maximum atomic E-state index is 5.48. The van der Waals surface area contributed by atoms with Crippen LogP contribution < -0.4 is 4.74 Å². The minimum Gasteiger partial charge on any atom is -0.494 e. The summed E-state index contributed by atoms with van der Waals surface area (Å²) in [7, 11) is 0. The lowest BCUT2D eigenvalue weighted by Crippen LogP contribution is -1.93. The van der Waals surface area contributed by atoms with Crippen LogP contribution in [0.1, 0.15) is 12.6 Å². The fourth-order valence-corrected chi connectivity index (χ4v) is 2.46. The molecule has 0 radical (unpaired) electrons. The molecule has 2 rings (SSSR count). The van der Waals surface area contributed by atoms with E-state index in [-0.39, 0.29) is 0 Å². The number of hydrogen-bond acceptors (Lipinski definition) is 2. The Morgan fingerprint density at radius 2 is 2.00 bits per heavy atom. The second-order valence-electron chi connectivity index (χ2n) is 3.44. The fourth-order valence-electron chi connectivity index (χ4n) is 1.55. The van der Waals surface area contributed by atoms with E-state index in [0.717, 1.165) is 31.3 Å². The molecule has 2 nitrogen and oxygen atoms in total. The Morgan fingerprint density at radius 1 is 1.25 bits per heavy atom. The molecular weight excluding hydrogens is 334 g/mol. The van der Waals surface area contributed by atoms with Crippen LogP contribution >= 0.6 is 31.9 Å². The summed E-state index contributed by atoms with van der Waals surface area (Å²) in [6.45, 7) is 4.62. The first-order valence-corrected chi connectivity index (χ1v) is 6.60. The topological polar surface area (TPSA) is 22.1 Å². The number of benzene rings is 1. The van der Waals surface area contributed by atoms with Crippen LogP contribution in [0.5, 0.6) is 5.75 Å². The van der Waals surface area contributed by atoms with E-state index in [1.54, 1.807) is 0 Å². The molecule has 2 aromatic rings. The number of nitrogens with zero attached hydrogens (tertiary/aromatic N) is 1. The van der Waals surface area contributed by atoms with Crippen molar-refractivity contribution in [2.45, 2.75) is 13.8 Å². The lowest BCUT2D eigenvalue weighted by atomic mass is 10.2. The van der Waals surface area contributed by atoms with E-state index in [2.05, 4.69) is 36.8 Å². The quantitative estimate of drug-likeness (QED) is 0.802. The predicted molar refractivity (Wildman–Crippen MR) is 73.0 cm³/mol. The number of rotatable bonds is 2. The van der Waals surface area contributed by atoms with Crippen LogP contribution in [0.25, 0.3) is 10.9 Å². The molecule has 0 unspecified atom stereocenters. The Bertz CT molecular complexity index is 540. The third-order valence-electron chi connectivity index (χ3n) is 2.31. The summed E-state index contributed by atoms with van der Waals surface area (Å²) >= 11 is 7.09. The SMILES string of the molecule is CCOc1ccc2nc(C)c(Br)c(Br)c2c1.